The Kier molecular flexibility index (Phi) is 5.95. The van der Waals surface area contributed by atoms with Gasteiger partial charge in [0.05, 0.1) is 28.9 Å². The first-order valence-electron chi connectivity index (χ1n) is 8.92. The van der Waals surface area contributed by atoms with Crippen LogP contribution in [-0.4, -0.2) is 49.1 Å². The molecule has 0 fully saturated rings. The van der Waals surface area contributed by atoms with Gasteiger partial charge < -0.3 is 20.1 Å². The third-order valence-corrected chi connectivity index (χ3v) is 4.81. The lowest BCUT2D eigenvalue weighted by molar-refractivity contribution is -0.141. The molecule has 0 saturated carbocycles. The molecule has 0 saturated heterocycles. The summed E-state index contributed by atoms with van der Waals surface area (Å²) in [4.78, 5) is 8.34. The molecule has 9 nitrogen and oxygen atoms in total. The van der Waals surface area contributed by atoms with Gasteiger partial charge in [0, 0.05) is 11.6 Å². The average Bonchev–Trinajstić information content (AvgIpc) is 3.39. The molecular weight excluding hydrogens is 476 g/mol. The predicted molar refractivity (Wildman–Crippen MR) is 107 cm³/mol. The number of hydrogen-bond donors (Lipinski definition) is 2. The van der Waals surface area contributed by atoms with Crippen molar-refractivity contribution in [1.29, 1.82) is 0 Å². The van der Waals surface area contributed by atoms with Gasteiger partial charge in [-0.3, -0.25) is 0 Å². The minimum atomic E-state index is -4.59. The lowest BCUT2D eigenvalue weighted by Crippen LogP contribution is -2.31. The molecular formula is C18H13Cl2F3N6O3. The Hall–Kier alpha value is -2.93. The van der Waals surface area contributed by atoms with Crippen LogP contribution in [0.4, 0.5) is 13.2 Å². The Labute approximate surface area is 187 Å². The highest BCUT2D eigenvalue weighted by molar-refractivity contribution is 6.36. The molecule has 168 valence electrons. The first-order valence-corrected chi connectivity index (χ1v) is 9.67. The Morgan fingerprint density at radius 1 is 1.19 bits per heavy atom. The van der Waals surface area contributed by atoms with Gasteiger partial charge in [-0.25, -0.2) is 9.50 Å². The van der Waals surface area contributed by atoms with E-state index in [0.717, 1.165) is 10.6 Å². The molecule has 3 heterocycles. The highest BCUT2D eigenvalue weighted by atomic mass is 35.5. The van der Waals surface area contributed by atoms with Gasteiger partial charge in [-0.15, -0.1) is 0 Å². The van der Waals surface area contributed by atoms with Crippen LogP contribution in [0.3, 0.4) is 0 Å². The Bertz CT molecular complexity index is 1280. The summed E-state index contributed by atoms with van der Waals surface area (Å²) >= 11 is 12.5. The molecule has 3 N–H and O–H groups in total. The second-order valence-electron chi connectivity index (χ2n) is 6.58. The number of nitrogens with two attached hydrogens (primary N) is 1. The molecule has 1 aromatic carbocycles. The van der Waals surface area contributed by atoms with Crippen molar-refractivity contribution in [2.75, 3.05) is 13.2 Å². The van der Waals surface area contributed by atoms with Crippen molar-refractivity contribution < 1.29 is 27.5 Å². The average molecular weight is 489 g/mol. The van der Waals surface area contributed by atoms with Gasteiger partial charge >= 0.3 is 6.18 Å². The van der Waals surface area contributed by atoms with Crippen LogP contribution in [-0.2, 0) is 6.18 Å². The van der Waals surface area contributed by atoms with Gasteiger partial charge in [-0.2, -0.15) is 23.3 Å². The number of alkyl halides is 3. The summed E-state index contributed by atoms with van der Waals surface area (Å²) in [7, 11) is 0. The van der Waals surface area contributed by atoms with Crippen LogP contribution < -0.4 is 10.5 Å². The van der Waals surface area contributed by atoms with E-state index in [1.807, 2.05) is 0 Å². The number of nitrogens with zero attached hydrogens (tertiary/aromatic N) is 5. The Balaban J connectivity index is 1.62. The summed E-state index contributed by atoms with van der Waals surface area (Å²) in [5, 5.41) is 16.7. The van der Waals surface area contributed by atoms with Crippen LogP contribution in [0.25, 0.3) is 28.6 Å². The van der Waals surface area contributed by atoms with Gasteiger partial charge in [-0.05, 0) is 18.2 Å². The molecule has 0 amide bonds. The fourth-order valence-electron chi connectivity index (χ4n) is 2.63. The maximum absolute atomic E-state index is 12.9. The highest BCUT2D eigenvalue weighted by Gasteiger charge is 2.33. The van der Waals surface area contributed by atoms with Crippen molar-refractivity contribution in [3.8, 4) is 28.7 Å². The van der Waals surface area contributed by atoms with E-state index >= 15 is 0 Å². The van der Waals surface area contributed by atoms with Crippen molar-refractivity contribution in [3.05, 3.63) is 46.2 Å². The van der Waals surface area contributed by atoms with Crippen LogP contribution in [0.1, 0.15) is 5.69 Å². The first-order chi connectivity index (χ1) is 15.2. The smallest absolute Gasteiger partial charge is 0.435 e. The molecule has 0 spiro atoms. The number of imidazole rings is 1. The van der Waals surface area contributed by atoms with Gasteiger partial charge in [0.15, 0.2) is 11.3 Å². The number of benzene rings is 1. The van der Waals surface area contributed by atoms with Crippen LogP contribution in [0.2, 0.25) is 10.0 Å². The number of aromatic nitrogens is 5. The monoisotopic (exact) mass is 488 g/mol. The third kappa shape index (κ3) is 4.48. The van der Waals surface area contributed by atoms with Gasteiger partial charge in [-0.1, -0.05) is 28.4 Å². The minimum absolute atomic E-state index is 0.0240. The van der Waals surface area contributed by atoms with Crippen molar-refractivity contribution >= 4 is 28.8 Å². The van der Waals surface area contributed by atoms with E-state index < -0.39 is 17.9 Å². The summed E-state index contributed by atoms with van der Waals surface area (Å²) < 4.78 is 50.2. The van der Waals surface area contributed by atoms with Gasteiger partial charge in [0.1, 0.15) is 18.1 Å². The van der Waals surface area contributed by atoms with E-state index in [1.54, 1.807) is 0 Å². The van der Waals surface area contributed by atoms with Crippen LogP contribution >= 0.6 is 23.2 Å². The molecule has 0 radical (unpaired) electrons. The van der Waals surface area contributed by atoms with Gasteiger partial charge in [0.2, 0.25) is 5.82 Å². The molecule has 0 bridgehead atoms. The van der Waals surface area contributed by atoms with E-state index in [-0.39, 0.29) is 52.1 Å². The topological polar surface area (TPSA) is 125 Å². The SMILES string of the molecule is N[C@H](CO)COc1cc(Cl)c(-c2noc(-c3cn4nc(C(F)(F)F)ccc4n3)n2)cc1Cl. The molecule has 14 heteroatoms. The van der Waals surface area contributed by atoms with E-state index in [9.17, 15) is 13.2 Å². The lowest BCUT2D eigenvalue weighted by atomic mass is 10.2. The summed E-state index contributed by atoms with van der Waals surface area (Å²) in [6.45, 7) is -0.235. The fraction of sp³-hybridized carbons (Fsp3) is 0.222. The maximum Gasteiger partial charge on any atom is 0.435 e. The van der Waals surface area contributed by atoms with Crippen molar-refractivity contribution in [2.24, 2.45) is 5.73 Å². The zero-order valence-electron chi connectivity index (χ0n) is 15.8. The zero-order valence-corrected chi connectivity index (χ0v) is 17.4. The second kappa shape index (κ2) is 8.54. The Morgan fingerprint density at radius 3 is 2.69 bits per heavy atom. The highest BCUT2D eigenvalue weighted by Crippen LogP contribution is 2.36. The molecule has 0 aliphatic heterocycles. The van der Waals surface area contributed by atoms with Crippen molar-refractivity contribution in [2.45, 2.75) is 12.2 Å². The number of aliphatic hydroxyl groups is 1. The number of halogens is 5. The molecule has 0 unspecified atom stereocenters. The molecule has 3 aromatic heterocycles. The minimum Gasteiger partial charge on any atom is -0.490 e. The van der Waals surface area contributed by atoms with Crippen molar-refractivity contribution in [1.82, 2.24) is 24.7 Å². The summed E-state index contributed by atoms with van der Waals surface area (Å²) in [6, 6.07) is 4.31. The standard InChI is InChI=1S/C18H13Cl2F3N6O3/c19-10-4-13(31-7-8(24)6-30)11(20)3-9(10)16-26-17(32-28-16)12-5-29-15(25-12)2-1-14(27-29)18(21,22)23/h1-5,8,30H,6-7,24H2/t8-/m1/s1. The summed E-state index contributed by atoms with van der Waals surface area (Å²) in [5.41, 5.74) is 5.14. The van der Waals surface area contributed by atoms with E-state index in [1.165, 1.54) is 24.4 Å². The fourth-order valence-corrected chi connectivity index (χ4v) is 3.09. The van der Waals surface area contributed by atoms with Crippen LogP contribution in [0.15, 0.2) is 35.0 Å². The number of rotatable bonds is 6. The molecule has 0 aliphatic rings. The number of fused-ring (bicyclic) bond motifs is 1. The van der Waals surface area contributed by atoms with Crippen molar-refractivity contribution in [3.63, 3.8) is 0 Å². The van der Waals surface area contributed by atoms with Gasteiger partial charge in [0.25, 0.3) is 5.89 Å². The van der Waals surface area contributed by atoms with Crippen LogP contribution in [0.5, 0.6) is 5.75 Å². The summed E-state index contributed by atoms with van der Waals surface area (Å²) in [5.74, 6) is 0.270. The van der Waals surface area contributed by atoms with E-state index in [0.29, 0.717) is 5.56 Å². The molecule has 1 atom stereocenters. The molecule has 0 aliphatic carbocycles. The van der Waals surface area contributed by atoms with E-state index in [4.69, 9.17) is 43.3 Å². The zero-order chi connectivity index (χ0) is 23.0. The molecule has 4 rings (SSSR count). The second-order valence-corrected chi connectivity index (χ2v) is 7.40. The maximum atomic E-state index is 12.9. The number of hydrogen-bond acceptors (Lipinski definition) is 8. The normalized spacial score (nSPS) is 13.0. The molecule has 4 aromatic rings. The number of aliphatic hydroxyl groups excluding tert-OH is 1. The van der Waals surface area contributed by atoms with E-state index in [2.05, 4.69) is 20.2 Å². The first kappa shape index (κ1) is 22.3. The predicted octanol–water partition coefficient (Wildman–Crippen LogP) is 3.47. The number of ether oxygens (including phenoxy) is 1. The summed E-state index contributed by atoms with van der Waals surface area (Å²) in [6.07, 6.45) is -3.36. The lowest BCUT2D eigenvalue weighted by Gasteiger charge is -2.13. The molecule has 32 heavy (non-hydrogen) atoms. The quantitative estimate of drug-likeness (QED) is 0.422. The third-order valence-electron chi connectivity index (χ3n) is 4.21. The Morgan fingerprint density at radius 2 is 1.97 bits per heavy atom. The largest absolute Gasteiger partial charge is 0.490 e. The van der Waals surface area contributed by atoms with Crippen LogP contribution in [0, 0.1) is 0 Å².